The molecule has 4 nitrogen and oxygen atoms in total. The number of hydrogen-bond acceptors (Lipinski definition) is 4. The Morgan fingerprint density at radius 3 is 2.94 bits per heavy atom. The maximum Gasteiger partial charge on any atom is 0.320 e. The molecule has 3 N–H and O–H groups in total. The lowest BCUT2D eigenvalue weighted by atomic mass is 10.1. The van der Waals surface area contributed by atoms with E-state index in [0.29, 0.717) is 29.1 Å². The van der Waals surface area contributed by atoms with Gasteiger partial charge in [0, 0.05) is 5.75 Å². The van der Waals surface area contributed by atoms with Gasteiger partial charge in [0.2, 0.25) is 0 Å². The summed E-state index contributed by atoms with van der Waals surface area (Å²) in [6.07, 6.45) is 0.344. The zero-order valence-electron chi connectivity index (χ0n) is 9.60. The molecule has 0 saturated carbocycles. The summed E-state index contributed by atoms with van der Waals surface area (Å²) < 4.78 is 13.0. The van der Waals surface area contributed by atoms with Crippen LogP contribution < -0.4 is 5.73 Å². The van der Waals surface area contributed by atoms with Crippen molar-refractivity contribution in [2.45, 2.75) is 18.2 Å². The van der Waals surface area contributed by atoms with Gasteiger partial charge in [-0.15, -0.1) is 0 Å². The van der Waals surface area contributed by atoms with Gasteiger partial charge in [0.15, 0.2) is 0 Å². The molecule has 0 heterocycles. The van der Waals surface area contributed by atoms with Gasteiger partial charge in [-0.25, -0.2) is 4.39 Å². The lowest BCUT2D eigenvalue weighted by Crippen LogP contribution is -2.30. The molecule has 0 radical (unpaired) electrons. The van der Waals surface area contributed by atoms with Gasteiger partial charge in [0.1, 0.15) is 11.9 Å². The van der Waals surface area contributed by atoms with E-state index in [2.05, 4.69) is 0 Å². The number of nitrogens with zero attached hydrogens (tertiary/aromatic N) is 1. The van der Waals surface area contributed by atoms with Crippen LogP contribution in [0, 0.1) is 17.1 Å². The van der Waals surface area contributed by atoms with E-state index >= 15 is 0 Å². The first kappa shape index (κ1) is 14.5. The molecule has 0 spiro atoms. The molecule has 1 aromatic rings. The summed E-state index contributed by atoms with van der Waals surface area (Å²) in [6, 6.07) is 5.12. The molecule has 0 aromatic heterocycles. The van der Waals surface area contributed by atoms with Gasteiger partial charge in [0.05, 0.1) is 11.6 Å². The van der Waals surface area contributed by atoms with Gasteiger partial charge in [-0.05, 0) is 35.9 Å². The standard InChI is InChI=1S/C12H13FN2O2S/c13-10-2-1-8(6-14)9(5-10)7-18-4-3-11(15)12(16)17/h1-2,5,11H,3-4,7,15H2,(H,16,17). The number of carboxylic acids is 1. The summed E-state index contributed by atoms with van der Waals surface area (Å²) in [7, 11) is 0. The van der Waals surface area contributed by atoms with Gasteiger partial charge in [0.25, 0.3) is 0 Å². The summed E-state index contributed by atoms with van der Waals surface area (Å²) >= 11 is 1.43. The molecule has 6 heteroatoms. The number of carbonyl (C=O) groups is 1. The van der Waals surface area contributed by atoms with E-state index in [9.17, 15) is 9.18 Å². The molecule has 0 bridgehead atoms. The minimum atomic E-state index is -1.03. The lowest BCUT2D eigenvalue weighted by molar-refractivity contribution is -0.138. The highest BCUT2D eigenvalue weighted by molar-refractivity contribution is 7.98. The number of halogens is 1. The van der Waals surface area contributed by atoms with Crippen LogP contribution in [0.25, 0.3) is 0 Å². The Bertz CT molecular complexity index is 474. The number of nitrogens with two attached hydrogens (primary N) is 1. The number of nitriles is 1. The topological polar surface area (TPSA) is 87.1 Å². The SMILES string of the molecule is N#Cc1ccc(F)cc1CSCCC(N)C(=O)O. The Morgan fingerprint density at radius 1 is 1.61 bits per heavy atom. The molecule has 1 unspecified atom stereocenters. The van der Waals surface area contributed by atoms with E-state index in [4.69, 9.17) is 16.1 Å². The number of aliphatic carboxylic acids is 1. The fraction of sp³-hybridized carbons (Fsp3) is 0.333. The van der Waals surface area contributed by atoms with E-state index in [-0.39, 0.29) is 5.82 Å². The minimum absolute atomic E-state index is 0.344. The van der Waals surface area contributed by atoms with E-state index in [1.165, 1.54) is 30.0 Å². The van der Waals surface area contributed by atoms with Crippen molar-refractivity contribution in [3.8, 4) is 6.07 Å². The van der Waals surface area contributed by atoms with Gasteiger partial charge in [-0.1, -0.05) is 0 Å². The van der Waals surface area contributed by atoms with E-state index in [1.54, 1.807) is 0 Å². The molecular formula is C12H13FN2O2S. The van der Waals surface area contributed by atoms with Crippen LogP contribution in [0.3, 0.4) is 0 Å². The maximum atomic E-state index is 13.0. The Hall–Kier alpha value is -1.58. The number of thioether (sulfide) groups is 1. The van der Waals surface area contributed by atoms with Crippen molar-refractivity contribution in [2.24, 2.45) is 5.73 Å². The Morgan fingerprint density at radius 2 is 2.33 bits per heavy atom. The van der Waals surface area contributed by atoms with Crippen molar-refractivity contribution < 1.29 is 14.3 Å². The van der Waals surface area contributed by atoms with Crippen molar-refractivity contribution in [1.29, 1.82) is 5.26 Å². The molecule has 0 aliphatic carbocycles. The van der Waals surface area contributed by atoms with Crippen LogP contribution in [0.1, 0.15) is 17.5 Å². The number of hydrogen-bond donors (Lipinski definition) is 2. The Labute approximate surface area is 109 Å². The van der Waals surface area contributed by atoms with Gasteiger partial charge >= 0.3 is 5.97 Å². The number of rotatable bonds is 6. The number of benzene rings is 1. The highest BCUT2D eigenvalue weighted by atomic mass is 32.2. The van der Waals surface area contributed by atoms with Crippen LogP contribution in [-0.2, 0) is 10.5 Å². The van der Waals surface area contributed by atoms with Crippen molar-refractivity contribution in [2.75, 3.05) is 5.75 Å². The second-order valence-corrected chi connectivity index (χ2v) is 4.80. The van der Waals surface area contributed by atoms with Crippen LogP contribution in [0.5, 0.6) is 0 Å². The van der Waals surface area contributed by atoms with Crippen LogP contribution in [0.15, 0.2) is 18.2 Å². The third kappa shape index (κ3) is 4.35. The summed E-state index contributed by atoms with van der Waals surface area (Å²) in [5.74, 6) is -0.395. The zero-order valence-corrected chi connectivity index (χ0v) is 10.4. The summed E-state index contributed by atoms with van der Waals surface area (Å²) in [6.45, 7) is 0. The molecule has 0 saturated heterocycles. The zero-order chi connectivity index (χ0) is 13.5. The van der Waals surface area contributed by atoms with Crippen molar-refractivity contribution in [3.05, 3.63) is 35.1 Å². The molecule has 18 heavy (non-hydrogen) atoms. The average molecular weight is 268 g/mol. The first-order valence-corrected chi connectivity index (χ1v) is 6.44. The quantitative estimate of drug-likeness (QED) is 0.767. The minimum Gasteiger partial charge on any atom is -0.480 e. The van der Waals surface area contributed by atoms with Crippen LogP contribution in [0.2, 0.25) is 0 Å². The molecule has 1 atom stereocenters. The maximum absolute atomic E-state index is 13.0. The molecule has 96 valence electrons. The third-order valence-electron chi connectivity index (χ3n) is 2.34. The molecule has 0 amide bonds. The van der Waals surface area contributed by atoms with E-state index in [1.807, 2.05) is 6.07 Å². The predicted octanol–water partition coefficient (Wildman–Crippen LogP) is 1.73. The van der Waals surface area contributed by atoms with Crippen molar-refractivity contribution in [3.63, 3.8) is 0 Å². The summed E-state index contributed by atoms with van der Waals surface area (Å²) in [5.41, 5.74) is 6.40. The largest absolute Gasteiger partial charge is 0.480 e. The van der Waals surface area contributed by atoms with Gasteiger partial charge < -0.3 is 10.8 Å². The molecule has 0 fully saturated rings. The molecule has 1 rings (SSSR count). The molecule has 1 aromatic carbocycles. The first-order valence-electron chi connectivity index (χ1n) is 5.29. The summed E-state index contributed by atoms with van der Waals surface area (Å²) in [4.78, 5) is 10.5. The van der Waals surface area contributed by atoms with Crippen LogP contribution >= 0.6 is 11.8 Å². The fourth-order valence-electron chi connectivity index (χ4n) is 1.31. The van der Waals surface area contributed by atoms with Crippen LogP contribution in [-0.4, -0.2) is 22.9 Å². The van der Waals surface area contributed by atoms with E-state index < -0.39 is 12.0 Å². The van der Waals surface area contributed by atoms with Crippen LogP contribution in [0.4, 0.5) is 4.39 Å². The fourth-order valence-corrected chi connectivity index (χ4v) is 2.33. The molecular weight excluding hydrogens is 255 g/mol. The first-order chi connectivity index (χ1) is 8.54. The lowest BCUT2D eigenvalue weighted by Gasteiger charge is -2.07. The molecule has 0 aliphatic heterocycles. The van der Waals surface area contributed by atoms with E-state index in [0.717, 1.165) is 0 Å². The second kappa shape index (κ2) is 6.99. The smallest absolute Gasteiger partial charge is 0.320 e. The van der Waals surface area contributed by atoms with Gasteiger partial charge in [-0.3, -0.25) is 4.79 Å². The highest BCUT2D eigenvalue weighted by Crippen LogP contribution is 2.18. The van der Waals surface area contributed by atoms with Crippen molar-refractivity contribution >= 4 is 17.7 Å². The number of carboxylic acid groups (broad SMARTS) is 1. The Kier molecular flexibility index (Phi) is 5.62. The monoisotopic (exact) mass is 268 g/mol. The van der Waals surface area contributed by atoms with Gasteiger partial charge in [-0.2, -0.15) is 17.0 Å². The molecule has 0 aliphatic rings. The average Bonchev–Trinajstić information content (AvgIpc) is 2.34. The third-order valence-corrected chi connectivity index (χ3v) is 3.38. The summed E-state index contributed by atoms with van der Waals surface area (Å²) in [5, 5.41) is 17.4. The Balaban J connectivity index is 2.47. The second-order valence-electron chi connectivity index (χ2n) is 3.70. The highest BCUT2D eigenvalue weighted by Gasteiger charge is 2.11. The normalized spacial score (nSPS) is 11.8. The predicted molar refractivity (Wildman–Crippen MR) is 67.5 cm³/mol. The van der Waals surface area contributed by atoms with Crippen molar-refractivity contribution in [1.82, 2.24) is 0 Å².